The molecule has 3 aromatic rings. The first kappa shape index (κ1) is 19.6. The van der Waals surface area contributed by atoms with Crippen LogP contribution in [0.3, 0.4) is 0 Å². The molecule has 2 N–H and O–H groups in total. The largest absolute Gasteiger partial charge is 0.487 e. The van der Waals surface area contributed by atoms with E-state index >= 15 is 0 Å². The zero-order valence-corrected chi connectivity index (χ0v) is 17.5. The first-order valence-electron chi connectivity index (χ1n) is 11.0. The molecule has 2 atom stereocenters. The molecule has 2 aliphatic rings. The second-order valence-electron chi connectivity index (χ2n) is 8.75. The van der Waals surface area contributed by atoms with Crippen molar-refractivity contribution in [2.75, 3.05) is 19.6 Å². The number of nitrogens with zero attached hydrogens (tertiary/aromatic N) is 2. The molecule has 0 saturated carbocycles. The lowest BCUT2D eigenvalue weighted by molar-refractivity contribution is -0.0587. The third-order valence-electron chi connectivity index (χ3n) is 6.89. The van der Waals surface area contributed by atoms with Crippen LogP contribution in [0.1, 0.15) is 49.5 Å². The molecule has 5 nitrogen and oxygen atoms in total. The number of hydrogen-bond acceptors (Lipinski definition) is 4. The highest BCUT2D eigenvalue weighted by Crippen LogP contribution is 2.44. The van der Waals surface area contributed by atoms with Crippen molar-refractivity contribution >= 4 is 10.9 Å². The second-order valence-corrected chi connectivity index (χ2v) is 8.75. The molecule has 0 radical (unpaired) electrons. The third kappa shape index (κ3) is 3.41. The van der Waals surface area contributed by atoms with Crippen molar-refractivity contribution < 1.29 is 14.9 Å². The van der Waals surface area contributed by atoms with E-state index in [4.69, 9.17) is 4.74 Å². The maximum Gasteiger partial charge on any atom is 0.125 e. The van der Waals surface area contributed by atoms with Crippen molar-refractivity contribution in [3.8, 4) is 5.75 Å². The number of aliphatic hydroxyl groups excluding tert-OH is 2. The summed E-state index contributed by atoms with van der Waals surface area (Å²) >= 11 is 0. The molecule has 1 aromatic heterocycles. The van der Waals surface area contributed by atoms with Crippen LogP contribution in [0.5, 0.6) is 5.75 Å². The minimum Gasteiger partial charge on any atom is -0.487 e. The minimum absolute atomic E-state index is 0.298. The zero-order chi connectivity index (χ0) is 20.7. The van der Waals surface area contributed by atoms with Gasteiger partial charge >= 0.3 is 0 Å². The zero-order valence-electron chi connectivity index (χ0n) is 17.5. The summed E-state index contributed by atoms with van der Waals surface area (Å²) in [6.45, 7) is 5.35. The van der Waals surface area contributed by atoms with Gasteiger partial charge in [-0.05, 0) is 31.9 Å². The minimum atomic E-state index is -0.518. The highest BCUT2D eigenvalue weighted by atomic mass is 16.5. The molecular weight excluding hydrogens is 376 g/mol. The number of para-hydroxylation sites is 2. The topological polar surface area (TPSA) is 57.9 Å². The van der Waals surface area contributed by atoms with Crippen molar-refractivity contribution in [1.29, 1.82) is 0 Å². The molecular formula is C25H30N2O3. The lowest BCUT2D eigenvalue weighted by Crippen LogP contribution is -2.51. The molecule has 5 rings (SSSR count). The molecule has 3 heterocycles. The Hall–Kier alpha value is -2.34. The quantitative estimate of drug-likeness (QED) is 0.686. The number of piperidine rings is 1. The number of benzene rings is 2. The van der Waals surface area contributed by atoms with E-state index in [1.807, 2.05) is 36.4 Å². The van der Waals surface area contributed by atoms with Gasteiger partial charge in [-0.15, -0.1) is 0 Å². The Morgan fingerprint density at radius 2 is 1.83 bits per heavy atom. The number of likely N-dealkylation sites (tertiary alicyclic amines) is 1. The lowest BCUT2D eigenvalue weighted by atomic mass is 9.81. The number of rotatable bonds is 4. The molecule has 1 saturated heterocycles. The summed E-state index contributed by atoms with van der Waals surface area (Å²) in [5.41, 5.74) is 2.78. The molecule has 1 spiro atoms. The Balaban J connectivity index is 1.27. The van der Waals surface area contributed by atoms with Crippen LogP contribution in [0.25, 0.3) is 10.9 Å². The van der Waals surface area contributed by atoms with Crippen molar-refractivity contribution in [3.05, 3.63) is 65.9 Å². The van der Waals surface area contributed by atoms with E-state index in [0.29, 0.717) is 13.0 Å². The molecule has 2 aromatic carbocycles. The van der Waals surface area contributed by atoms with E-state index in [2.05, 4.69) is 34.7 Å². The Bertz CT molecular complexity index is 1040. The van der Waals surface area contributed by atoms with Crippen LogP contribution in [-0.2, 0) is 6.54 Å². The SMILES string of the molecule is CCn1cc([C@@H](O)CN2CCC3(CC2)C[C@H](O)c2ccccc2O3)c2ccccc21. The van der Waals surface area contributed by atoms with Crippen LogP contribution in [0.15, 0.2) is 54.7 Å². The standard InChI is InChI=1S/C25H30N2O3/c1-2-27-16-20(18-7-3-5-9-21(18)27)23(29)17-26-13-11-25(12-14-26)15-22(28)19-8-4-6-10-24(19)30-25/h3-10,16,22-23,28-29H,2,11-15,17H2,1H3/t22-,23-/m0/s1. The molecule has 0 aliphatic carbocycles. The van der Waals surface area contributed by atoms with Gasteiger partial charge < -0.3 is 24.4 Å². The van der Waals surface area contributed by atoms with Crippen molar-refractivity contribution in [2.45, 2.75) is 50.5 Å². The fourth-order valence-electron chi connectivity index (χ4n) is 5.18. The van der Waals surface area contributed by atoms with Gasteiger partial charge in [0.15, 0.2) is 0 Å². The summed E-state index contributed by atoms with van der Waals surface area (Å²) in [4.78, 5) is 2.32. The number of aryl methyl sites for hydroxylation is 1. The van der Waals surface area contributed by atoms with Gasteiger partial charge in [-0.1, -0.05) is 36.4 Å². The molecule has 0 unspecified atom stereocenters. The number of β-amino-alcohol motifs (C(OH)–C–C–N with tert-alkyl or cyclic N) is 1. The van der Waals surface area contributed by atoms with Crippen molar-refractivity contribution in [3.63, 3.8) is 0 Å². The molecule has 0 bridgehead atoms. The number of hydrogen-bond donors (Lipinski definition) is 2. The maximum absolute atomic E-state index is 11.0. The number of ether oxygens (including phenoxy) is 1. The van der Waals surface area contributed by atoms with Gasteiger partial charge in [0, 0.05) is 60.8 Å². The first-order chi connectivity index (χ1) is 14.6. The molecule has 158 valence electrons. The smallest absolute Gasteiger partial charge is 0.125 e. The van der Waals surface area contributed by atoms with Gasteiger partial charge in [0.2, 0.25) is 0 Å². The predicted octanol–water partition coefficient (Wildman–Crippen LogP) is 4.05. The monoisotopic (exact) mass is 406 g/mol. The van der Waals surface area contributed by atoms with Crippen molar-refractivity contribution in [1.82, 2.24) is 9.47 Å². The fourth-order valence-corrected chi connectivity index (χ4v) is 5.18. The molecule has 30 heavy (non-hydrogen) atoms. The Kier molecular flexibility index (Phi) is 5.05. The average Bonchev–Trinajstić information content (AvgIpc) is 3.15. The summed E-state index contributed by atoms with van der Waals surface area (Å²) in [7, 11) is 0. The molecule has 2 aliphatic heterocycles. The summed E-state index contributed by atoms with van der Waals surface area (Å²) in [5.74, 6) is 0.817. The number of aliphatic hydroxyl groups is 2. The Morgan fingerprint density at radius 1 is 1.10 bits per heavy atom. The average molecular weight is 407 g/mol. The summed E-state index contributed by atoms with van der Waals surface area (Å²) in [5, 5.41) is 22.8. The van der Waals surface area contributed by atoms with Crippen LogP contribution in [0, 0.1) is 0 Å². The number of aromatic nitrogens is 1. The number of fused-ring (bicyclic) bond motifs is 2. The molecule has 1 fully saturated rings. The van der Waals surface area contributed by atoms with Crippen LogP contribution in [0.2, 0.25) is 0 Å². The second kappa shape index (κ2) is 7.73. The summed E-state index contributed by atoms with van der Waals surface area (Å²) in [6.07, 6.45) is 3.48. The van der Waals surface area contributed by atoms with Crippen LogP contribution in [-0.4, -0.2) is 44.9 Å². The maximum atomic E-state index is 11.0. The van der Waals surface area contributed by atoms with Gasteiger partial charge in [0.1, 0.15) is 11.4 Å². The third-order valence-corrected chi connectivity index (χ3v) is 6.89. The van der Waals surface area contributed by atoms with Gasteiger partial charge in [-0.3, -0.25) is 0 Å². The van der Waals surface area contributed by atoms with Crippen LogP contribution < -0.4 is 4.74 Å². The van der Waals surface area contributed by atoms with Gasteiger partial charge in [-0.25, -0.2) is 0 Å². The highest BCUT2D eigenvalue weighted by Gasteiger charge is 2.43. The predicted molar refractivity (Wildman–Crippen MR) is 118 cm³/mol. The van der Waals surface area contributed by atoms with Gasteiger partial charge in [-0.2, -0.15) is 0 Å². The highest BCUT2D eigenvalue weighted by molar-refractivity contribution is 5.84. The summed E-state index contributed by atoms with van der Waals surface area (Å²) in [6, 6.07) is 16.1. The van der Waals surface area contributed by atoms with Crippen molar-refractivity contribution in [2.24, 2.45) is 0 Å². The molecule has 5 heteroatoms. The van der Waals surface area contributed by atoms with E-state index in [-0.39, 0.29) is 5.60 Å². The van der Waals surface area contributed by atoms with Gasteiger partial charge in [0.25, 0.3) is 0 Å². The Morgan fingerprint density at radius 3 is 2.63 bits per heavy atom. The fraction of sp³-hybridized carbons (Fsp3) is 0.440. The van der Waals surface area contributed by atoms with Gasteiger partial charge in [0.05, 0.1) is 12.2 Å². The normalized spacial score (nSPS) is 22.0. The summed E-state index contributed by atoms with van der Waals surface area (Å²) < 4.78 is 8.59. The van der Waals surface area contributed by atoms with E-state index < -0.39 is 12.2 Å². The first-order valence-corrected chi connectivity index (χ1v) is 11.0. The van der Waals surface area contributed by atoms with Crippen LogP contribution in [0.4, 0.5) is 0 Å². The van der Waals surface area contributed by atoms with E-state index in [9.17, 15) is 10.2 Å². The van der Waals surface area contributed by atoms with E-state index in [1.54, 1.807) is 0 Å². The molecule has 0 amide bonds. The van der Waals surface area contributed by atoms with E-state index in [1.165, 1.54) is 5.52 Å². The van der Waals surface area contributed by atoms with Crippen LogP contribution >= 0.6 is 0 Å². The Labute approximate surface area is 177 Å². The van der Waals surface area contributed by atoms with E-state index in [0.717, 1.165) is 54.7 Å². The lowest BCUT2D eigenvalue weighted by Gasteiger charge is -2.46.